The van der Waals surface area contributed by atoms with Crippen molar-refractivity contribution in [2.45, 2.75) is 13.5 Å². The van der Waals surface area contributed by atoms with E-state index < -0.39 is 0 Å². The van der Waals surface area contributed by atoms with Crippen LogP contribution in [0.4, 0.5) is 5.69 Å². The van der Waals surface area contributed by atoms with Crippen LogP contribution < -0.4 is 14.8 Å². The number of hydrogen-bond acceptors (Lipinski definition) is 5. The van der Waals surface area contributed by atoms with Crippen molar-refractivity contribution in [2.24, 2.45) is 0 Å². The maximum Gasteiger partial charge on any atom is 0.244 e. The molecule has 7 nitrogen and oxygen atoms in total. The zero-order valence-corrected chi connectivity index (χ0v) is 15.9. The summed E-state index contributed by atoms with van der Waals surface area (Å²) in [6, 6.07) is 14.6. The van der Waals surface area contributed by atoms with Crippen molar-refractivity contribution in [1.82, 2.24) is 14.8 Å². The topological polar surface area (TPSA) is 81.2 Å². The lowest BCUT2D eigenvalue weighted by Crippen LogP contribution is -2.19. The summed E-state index contributed by atoms with van der Waals surface area (Å²) in [6.07, 6.45) is 0. The molecule has 27 heavy (non-hydrogen) atoms. The first-order valence-corrected chi connectivity index (χ1v) is 8.84. The van der Waals surface area contributed by atoms with Crippen LogP contribution in [0.15, 0.2) is 48.5 Å². The number of anilines is 1. The van der Waals surface area contributed by atoms with Crippen LogP contribution in [-0.2, 0) is 11.3 Å². The number of H-pyrrole nitrogens is 1. The number of carbonyl (C=O) groups excluding carboxylic acids is 1. The molecule has 2 aromatic carbocycles. The van der Waals surface area contributed by atoms with Gasteiger partial charge in [0.05, 0.1) is 13.7 Å². The van der Waals surface area contributed by atoms with Crippen LogP contribution in [0.5, 0.6) is 11.5 Å². The molecule has 0 radical (unpaired) electrons. The van der Waals surface area contributed by atoms with Gasteiger partial charge in [-0.1, -0.05) is 0 Å². The summed E-state index contributed by atoms with van der Waals surface area (Å²) in [6.45, 7) is 2.56. The fourth-order valence-electron chi connectivity index (χ4n) is 2.57. The maximum absolute atomic E-state index is 12.5. The number of hydrogen-bond donors (Lipinski definition) is 2. The summed E-state index contributed by atoms with van der Waals surface area (Å²) < 4.78 is 12.6. The number of amides is 1. The predicted molar refractivity (Wildman–Crippen MR) is 106 cm³/mol. The van der Waals surface area contributed by atoms with Gasteiger partial charge in [-0.3, -0.25) is 14.5 Å². The zero-order chi connectivity index (χ0) is 19.2. The van der Waals surface area contributed by atoms with Crippen LogP contribution in [0.1, 0.15) is 6.92 Å². The highest BCUT2D eigenvalue weighted by molar-refractivity contribution is 7.71. The van der Waals surface area contributed by atoms with Gasteiger partial charge >= 0.3 is 0 Å². The summed E-state index contributed by atoms with van der Waals surface area (Å²) in [5.41, 5.74) is 1.52. The van der Waals surface area contributed by atoms with Gasteiger partial charge in [-0.25, -0.2) is 0 Å². The molecule has 0 aliphatic carbocycles. The van der Waals surface area contributed by atoms with Crippen LogP contribution in [0, 0.1) is 4.77 Å². The summed E-state index contributed by atoms with van der Waals surface area (Å²) in [5, 5.41) is 9.84. The molecule has 0 saturated carbocycles. The minimum absolute atomic E-state index is 0.0455. The third-order valence-corrected chi connectivity index (χ3v) is 4.17. The van der Waals surface area contributed by atoms with Crippen molar-refractivity contribution in [3.8, 4) is 22.9 Å². The van der Waals surface area contributed by atoms with Gasteiger partial charge in [-0.2, -0.15) is 5.10 Å². The molecule has 0 unspecified atom stereocenters. The number of rotatable bonds is 7. The van der Waals surface area contributed by atoms with Crippen LogP contribution in [0.25, 0.3) is 11.4 Å². The molecule has 3 aromatic rings. The molecule has 3 rings (SSSR count). The van der Waals surface area contributed by atoms with Crippen molar-refractivity contribution in [1.29, 1.82) is 0 Å². The summed E-state index contributed by atoms with van der Waals surface area (Å²) in [7, 11) is 1.61. The number of carbonyl (C=O) groups is 1. The number of ether oxygens (including phenoxy) is 2. The van der Waals surface area contributed by atoms with E-state index in [4.69, 9.17) is 21.7 Å². The average molecular weight is 384 g/mol. The SMILES string of the molecule is CCOc1ccc(NC(=O)Cn2c(-c3ccc(OC)cc3)n[nH]c2=S)cc1. The molecule has 0 atom stereocenters. The highest BCUT2D eigenvalue weighted by Crippen LogP contribution is 2.21. The molecule has 0 spiro atoms. The fourth-order valence-corrected chi connectivity index (χ4v) is 2.77. The summed E-state index contributed by atoms with van der Waals surface area (Å²) in [5.74, 6) is 1.89. The third-order valence-electron chi connectivity index (χ3n) is 3.86. The standard InChI is InChI=1S/C19H20N4O3S/c1-3-26-16-10-6-14(7-11-16)20-17(24)12-23-18(21-22-19(23)27)13-4-8-15(25-2)9-5-13/h4-11H,3,12H2,1-2H3,(H,20,24)(H,22,27). The second-order valence-corrected chi connectivity index (χ2v) is 6.06. The molecule has 1 heterocycles. The van der Waals surface area contributed by atoms with E-state index in [1.165, 1.54) is 0 Å². The van der Waals surface area contributed by atoms with E-state index in [9.17, 15) is 4.79 Å². The Hall–Kier alpha value is -3.13. The van der Waals surface area contributed by atoms with E-state index in [1.807, 2.05) is 43.3 Å². The Morgan fingerprint density at radius 1 is 1.15 bits per heavy atom. The molecular formula is C19H20N4O3S. The van der Waals surface area contributed by atoms with E-state index in [0.717, 1.165) is 17.1 Å². The van der Waals surface area contributed by atoms with E-state index >= 15 is 0 Å². The van der Waals surface area contributed by atoms with Crippen molar-refractivity contribution >= 4 is 23.8 Å². The highest BCUT2D eigenvalue weighted by atomic mass is 32.1. The molecular weight excluding hydrogens is 364 g/mol. The molecule has 0 bridgehead atoms. The first-order valence-electron chi connectivity index (χ1n) is 8.43. The fraction of sp³-hybridized carbons (Fsp3) is 0.211. The van der Waals surface area contributed by atoms with Crippen molar-refractivity contribution in [3.63, 3.8) is 0 Å². The van der Waals surface area contributed by atoms with Gasteiger partial charge in [0.2, 0.25) is 5.91 Å². The average Bonchev–Trinajstić information content (AvgIpc) is 3.04. The van der Waals surface area contributed by atoms with Crippen molar-refractivity contribution in [2.75, 3.05) is 19.0 Å². The molecule has 1 aromatic heterocycles. The monoisotopic (exact) mass is 384 g/mol. The minimum Gasteiger partial charge on any atom is -0.497 e. The van der Waals surface area contributed by atoms with Gasteiger partial charge in [-0.15, -0.1) is 0 Å². The first-order chi connectivity index (χ1) is 13.1. The van der Waals surface area contributed by atoms with Gasteiger partial charge in [-0.05, 0) is 67.7 Å². The summed E-state index contributed by atoms with van der Waals surface area (Å²) >= 11 is 5.27. The van der Waals surface area contributed by atoms with Crippen LogP contribution in [0.3, 0.4) is 0 Å². The second kappa shape index (κ2) is 8.50. The second-order valence-electron chi connectivity index (χ2n) is 5.67. The molecule has 2 N–H and O–H groups in total. The quantitative estimate of drug-likeness (QED) is 0.608. The van der Waals surface area contributed by atoms with Gasteiger partial charge < -0.3 is 14.8 Å². The Kier molecular flexibility index (Phi) is 5.87. The Morgan fingerprint density at radius 2 is 1.81 bits per heavy atom. The van der Waals surface area contributed by atoms with Gasteiger partial charge in [0, 0.05) is 11.3 Å². The number of nitrogens with one attached hydrogen (secondary N) is 2. The van der Waals surface area contributed by atoms with E-state index in [-0.39, 0.29) is 12.5 Å². The highest BCUT2D eigenvalue weighted by Gasteiger charge is 2.13. The van der Waals surface area contributed by atoms with Crippen molar-refractivity contribution < 1.29 is 14.3 Å². The molecule has 8 heteroatoms. The Bertz CT molecular complexity index is 962. The Labute approximate surface area is 161 Å². The lowest BCUT2D eigenvalue weighted by atomic mass is 10.2. The number of benzene rings is 2. The third kappa shape index (κ3) is 4.53. The van der Waals surface area contributed by atoms with Crippen LogP contribution in [0.2, 0.25) is 0 Å². The first kappa shape index (κ1) is 18.7. The molecule has 140 valence electrons. The number of methoxy groups -OCH3 is 1. The van der Waals surface area contributed by atoms with Gasteiger partial charge in [0.25, 0.3) is 0 Å². The predicted octanol–water partition coefficient (Wildman–Crippen LogP) is 3.65. The molecule has 0 aliphatic heterocycles. The Morgan fingerprint density at radius 3 is 2.44 bits per heavy atom. The largest absolute Gasteiger partial charge is 0.497 e. The Balaban J connectivity index is 1.74. The van der Waals surface area contributed by atoms with E-state index in [2.05, 4.69) is 15.5 Å². The molecule has 0 saturated heterocycles. The number of nitrogens with zero attached hydrogens (tertiary/aromatic N) is 2. The lowest BCUT2D eigenvalue weighted by molar-refractivity contribution is -0.116. The van der Waals surface area contributed by atoms with E-state index in [1.54, 1.807) is 23.8 Å². The van der Waals surface area contributed by atoms with Crippen LogP contribution >= 0.6 is 12.2 Å². The zero-order valence-electron chi connectivity index (χ0n) is 15.1. The number of aromatic nitrogens is 3. The molecule has 0 fully saturated rings. The normalized spacial score (nSPS) is 10.4. The van der Waals surface area contributed by atoms with Gasteiger partial charge in [0.1, 0.15) is 18.0 Å². The minimum atomic E-state index is -0.202. The number of aromatic amines is 1. The van der Waals surface area contributed by atoms with Gasteiger partial charge in [0.15, 0.2) is 10.6 Å². The molecule has 0 aliphatic rings. The van der Waals surface area contributed by atoms with Crippen molar-refractivity contribution in [3.05, 3.63) is 53.3 Å². The molecule has 1 amide bonds. The lowest BCUT2D eigenvalue weighted by Gasteiger charge is -2.09. The van der Waals surface area contributed by atoms with Crippen LogP contribution in [-0.4, -0.2) is 34.4 Å². The maximum atomic E-state index is 12.5. The van der Waals surface area contributed by atoms with E-state index in [0.29, 0.717) is 22.9 Å². The summed E-state index contributed by atoms with van der Waals surface area (Å²) in [4.78, 5) is 12.5. The smallest absolute Gasteiger partial charge is 0.244 e.